The third-order valence-corrected chi connectivity index (χ3v) is 4.57. The van der Waals surface area contributed by atoms with Crippen molar-refractivity contribution in [2.24, 2.45) is 0 Å². The summed E-state index contributed by atoms with van der Waals surface area (Å²) in [6.07, 6.45) is 0. The second kappa shape index (κ2) is 8.30. The molecule has 0 bridgehead atoms. The molecule has 3 aromatic rings. The summed E-state index contributed by atoms with van der Waals surface area (Å²) in [5, 5.41) is 0. The van der Waals surface area contributed by atoms with Gasteiger partial charge in [-0.1, -0.05) is 74.9 Å². The number of benzene rings is 3. The molecule has 3 aromatic carbocycles. The summed E-state index contributed by atoms with van der Waals surface area (Å²) < 4.78 is 10.7. The maximum Gasteiger partial charge on any atom is 0.340 e. The van der Waals surface area contributed by atoms with Gasteiger partial charge in [-0.25, -0.2) is 4.79 Å². The molecular formula is C25H26O3. The average Bonchev–Trinajstić information content (AvgIpc) is 2.68. The van der Waals surface area contributed by atoms with Gasteiger partial charge < -0.3 is 9.47 Å². The molecule has 0 saturated heterocycles. The van der Waals surface area contributed by atoms with Gasteiger partial charge in [-0.05, 0) is 53.3 Å². The van der Waals surface area contributed by atoms with Gasteiger partial charge in [0.05, 0.1) is 5.56 Å². The van der Waals surface area contributed by atoms with E-state index in [0.717, 1.165) is 5.56 Å². The lowest BCUT2D eigenvalue weighted by Gasteiger charge is -2.24. The van der Waals surface area contributed by atoms with E-state index in [1.54, 1.807) is 24.3 Å². The van der Waals surface area contributed by atoms with E-state index in [1.165, 1.54) is 16.7 Å². The summed E-state index contributed by atoms with van der Waals surface area (Å²) in [5.74, 6) is 0.265. The van der Waals surface area contributed by atoms with Gasteiger partial charge in [0.15, 0.2) is 0 Å². The first-order valence-electron chi connectivity index (χ1n) is 9.41. The standard InChI is InChI=1S/C25H26O3/c1-18-10-15-22(23(16-18)25(2,3)4)19-11-13-21(14-12-19)27-17-28-24(26)20-8-6-5-7-9-20/h5-16H,17H2,1-4H3. The van der Waals surface area contributed by atoms with Crippen LogP contribution in [0.3, 0.4) is 0 Å². The van der Waals surface area contributed by atoms with Crippen molar-refractivity contribution in [1.29, 1.82) is 0 Å². The first-order chi connectivity index (χ1) is 13.3. The van der Waals surface area contributed by atoms with Crippen LogP contribution in [0.15, 0.2) is 72.8 Å². The largest absolute Gasteiger partial charge is 0.457 e. The molecule has 0 saturated carbocycles. The lowest BCUT2D eigenvalue weighted by atomic mass is 9.81. The third kappa shape index (κ3) is 4.80. The summed E-state index contributed by atoms with van der Waals surface area (Å²) in [6, 6.07) is 23.3. The van der Waals surface area contributed by atoms with Crippen molar-refractivity contribution in [3.8, 4) is 16.9 Å². The van der Waals surface area contributed by atoms with Gasteiger partial charge in [0.25, 0.3) is 0 Å². The Labute approximate surface area is 166 Å². The monoisotopic (exact) mass is 374 g/mol. The fourth-order valence-corrected chi connectivity index (χ4v) is 3.07. The van der Waals surface area contributed by atoms with Gasteiger partial charge in [0.2, 0.25) is 6.79 Å². The van der Waals surface area contributed by atoms with E-state index in [0.29, 0.717) is 11.3 Å². The van der Waals surface area contributed by atoms with E-state index >= 15 is 0 Å². The van der Waals surface area contributed by atoms with Crippen molar-refractivity contribution < 1.29 is 14.3 Å². The first kappa shape index (κ1) is 19.7. The Morgan fingerprint density at radius 2 is 1.57 bits per heavy atom. The molecule has 0 spiro atoms. The minimum Gasteiger partial charge on any atom is -0.457 e. The normalized spacial score (nSPS) is 11.1. The zero-order valence-electron chi connectivity index (χ0n) is 16.9. The molecule has 0 radical (unpaired) electrons. The molecule has 0 aliphatic heterocycles. The van der Waals surface area contributed by atoms with Gasteiger partial charge >= 0.3 is 5.97 Å². The Kier molecular flexibility index (Phi) is 5.84. The van der Waals surface area contributed by atoms with Crippen LogP contribution >= 0.6 is 0 Å². The summed E-state index contributed by atoms with van der Waals surface area (Å²) in [6.45, 7) is 8.68. The number of esters is 1. The Hall–Kier alpha value is -3.07. The molecule has 3 rings (SSSR count). The van der Waals surface area contributed by atoms with Gasteiger partial charge in [0, 0.05) is 0 Å². The van der Waals surface area contributed by atoms with Gasteiger partial charge in [-0.3, -0.25) is 0 Å². The Morgan fingerprint density at radius 1 is 0.893 bits per heavy atom. The van der Waals surface area contributed by atoms with Crippen molar-refractivity contribution in [2.45, 2.75) is 33.1 Å². The van der Waals surface area contributed by atoms with Crippen LogP contribution in [0.1, 0.15) is 42.3 Å². The highest BCUT2D eigenvalue weighted by Gasteiger charge is 2.19. The Morgan fingerprint density at radius 3 is 2.21 bits per heavy atom. The highest BCUT2D eigenvalue weighted by molar-refractivity contribution is 5.89. The molecule has 144 valence electrons. The van der Waals surface area contributed by atoms with E-state index in [4.69, 9.17) is 9.47 Å². The van der Waals surface area contributed by atoms with Crippen molar-refractivity contribution in [1.82, 2.24) is 0 Å². The van der Waals surface area contributed by atoms with Gasteiger partial charge in [0.1, 0.15) is 5.75 Å². The molecule has 0 aromatic heterocycles. The predicted molar refractivity (Wildman–Crippen MR) is 113 cm³/mol. The van der Waals surface area contributed by atoms with Gasteiger partial charge in [-0.15, -0.1) is 0 Å². The van der Waals surface area contributed by atoms with Crippen molar-refractivity contribution in [3.63, 3.8) is 0 Å². The lowest BCUT2D eigenvalue weighted by molar-refractivity contribution is 0.0154. The van der Waals surface area contributed by atoms with Crippen molar-refractivity contribution >= 4 is 5.97 Å². The maximum absolute atomic E-state index is 11.9. The minimum atomic E-state index is -0.397. The molecular weight excluding hydrogens is 348 g/mol. The zero-order chi connectivity index (χ0) is 20.1. The molecule has 3 heteroatoms. The second-order valence-electron chi connectivity index (χ2n) is 7.88. The van der Waals surface area contributed by atoms with E-state index in [9.17, 15) is 4.79 Å². The third-order valence-electron chi connectivity index (χ3n) is 4.57. The highest BCUT2D eigenvalue weighted by Crippen LogP contribution is 2.34. The van der Waals surface area contributed by atoms with Crippen LogP contribution in [-0.4, -0.2) is 12.8 Å². The number of rotatable bonds is 5. The summed E-state index contributed by atoms with van der Waals surface area (Å²) in [5.41, 5.74) is 5.50. The molecule has 0 amide bonds. The number of carbonyl (C=O) groups is 1. The van der Waals surface area contributed by atoms with Crippen LogP contribution < -0.4 is 4.74 Å². The molecule has 3 nitrogen and oxygen atoms in total. The molecule has 0 N–H and O–H groups in total. The van der Waals surface area contributed by atoms with Gasteiger partial charge in [-0.2, -0.15) is 0 Å². The SMILES string of the molecule is Cc1ccc(-c2ccc(OCOC(=O)c3ccccc3)cc2)c(C(C)(C)C)c1. The molecule has 0 fully saturated rings. The van der Waals surface area contributed by atoms with E-state index < -0.39 is 5.97 Å². The number of hydrogen-bond acceptors (Lipinski definition) is 3. The number of ether oxygens (including phenoxy) is 2. The predicted octanol–water partition coefficient (Wildman–Crippen LogP) is 6.15. The zero-order valence-corrected chi connectivity index (χ0v) is 16.9. The summed E-state index contributed by atoms with van der Waals surface area (Å²) in [7, 11) is 0. The minimum absolute atomic E-state index is 0.0577. The smallest absolute Gasteiger partial charge is 0.340 e. The van der Waals surface area contributed by atoms with Crippen molar-refractivity contribution in [3.05, 3.63) is 89.5 Å². The molecule has 0 unspecified atom stereocenters. The Balaban J connectivity index is 1.67. The van der Waals surface area contributed by atoms with E-state index in [-0.39, 0.29) is 12.2 Å². The van der Waals surface area contributed by atoms with Crippen LogP contribution in [0, 0.1) is 6.92 Å². The fourth-order valence-electron chi connectivity index (χ4n) is 3.07. The molecule has 0 aliphatic carbocycles. The molecule has 0 atom stereocenters. The topological polar surface area (TPSA) is 35.5 Å². The first-order valence-corrected chi connectivity index (χ1v) is 9.41. The lowest BCUT2D eigenvalue weighted by Crippen LogP contribution is -2.13. The van der Waals surface area contributed by atoms with E-state index in [2.05, 4.69) is 45.9 Å². The number of carbonyl (C=O) groups excluding carboxylic acids is 1. The Bertz CT molecular complexity index is 936. The summed E-state index contributed by atoms with van der Waals surface area (Å²) >= 11 is 0. The van der Waals surface area contributed by atoms with Crippen LogP contribution in [0.4, 0.5) is 0 Å². The van der Waals surface area contributed by atoms with Crippen LogP contribution in [0.5, 0.6) is 5.75 Å². The van der Waals surface area contributed by atoms with Crippen LogP contribution in [0.2, 0.25) is 0 Å². The quantitative estimate of drug-likeness (QED) is 0.397. The average molecular weight is 374 g/mol. The van der Waals surface area contributed by atoms with Crippen molar-refractivity contribution in [2.75, 3.05) is 6.79 Å². The van der Waals surface area contributed by atoms with Crippen LogP contribution in [-0.2, 0) is 10.2 Å². The van der Waals surface area contributed by atoms with E-state index in [1.807, 2.05) is 30.3 Å². The fraction of sp³-hybridized carbons (Fsp3) is 0.240. The second-order valence-corrected chi connectivity index (χ2v) is 7.88. The summed E-state index contributed by atoms with van der Waals surface area (Å²) in [4.78, 5) is 11.9. The molecule has 28 heavy (non-hydrogen) atoms. The maximum atomic E-state index is 11.9. The molecule has 0 aliphatic rings. The number of aryl methyl sites for hydroxylation is 1. The molecule has 0 heterocycles. The highest BCUT2D eigenvalue weighted by atomic mass is 16.7. The van der Waals surface area contributed by atoms with Crippen LogP contribution in [0.25, 0.3) is 11.1 Å². The number of hydrogen-bond donors (Lipinski definition) is 0.